The highest BCUT2D eigenvalue weighted by Gasteiger charge is 2.11. The zero-order valence-corrected chi connectivity index (χ0v) is 12.5. The van der Waals surface area contributed by atoms with Crippen LogP contribution in [0.25, 0.3) is 10.2 Å². The van der Waals surface area contributed by atoms with Crippen LogP contribution >= 0.6 is 22.9 Å². The molecule has 18 heavy (non-hydrogen) atoms. The van der Waals surface area contributed by atoms with Gasteiger partial charge in [-0.15, -0.1) is 11.3 Å². The summed E-state index contributed by atoms with van der Waals surface area (Å²) in [5.41, 5.74) is 0. The zero-order valence-electron chi connectivity index (χ0n) is 11.0. The number of aromatic nitrogens is 2. The molecule has 3 nitrogen and oxygen atoms in total. The quantitative estimate of drug-likeness (QED) is 0.821. The standard InChI is InChI=1S/C13H18ClN3S/c1-4-9(5-2)7-15-11-10-6-8(3)18-12(10)17-13(14)16-11/h6,9H,4-5,7H2,1-3H3,(H,15,16,17). The summed E-state index contributed by atoms with van der Waals surface area (Å²) in [6.45, 7) is 7.44. The summed E-state index contributed by atoms with van der Waals surface area (Å²) in [5.74, 6) is 1.54. The van der Waals surface area contributed by atoms with E-state index in [9.17, 15) is 0 Å². The van der Waals surface area contributed by atoms with E-state index >= 15 is 0 Å². The van der Waals surface area contributed by atoms with Gasteiger partial charge in [0.05, 0.1) is 5.39 Å². The van der Waals surface area contributed by atoms with Crippen LogP contribution in [-0.2, 0) is 0 Å². The molecule has 1 N–H and O–H groups in total. The van der Waals surface area contributed by atoms with E-state index in [1.807, 2.05) is 0 Å². The van der Waals surface area contributed by atoms with E-state index in [1.54, 1.807) is 11.3 Å². The van der Waals surface area contributed by atoms with Crippen LogP contribution in [0.15, 0.2) is 6.07 Å². The maximum atomic E-state index is 5.96. The van der Waals surface area contributed by atoms with Crippen molar-refractivity contribution in [3.8, 4) is 0 Å². The molecule has 0 amide bonds. The van der Waals surface area contributed by atoms with Crippen molar-refractivity contribution < 1.29 is 0 Å². The Morgan fingerprint density at radius 2 is 2.06 bits per heavy atom. The molecule has 0 atom stereocenters. The highest BCUT2D eigenvalue weighted by atomic mass is 35.5. The number of hydrogen-bond acceptors (Lipinski definition) is 4. The first-order chi connectivity index (χ1) is 8.63. The molecule has 0 unspecified atom stereocenters. The lowest BCUT2D eigenvalue weighted by molar-refractivity contribution is 0.518. The van der Waals surface area contributed by atoms with Crippen LogP contribution in [0.5, 0.6) is 0 Å². The summed E-state index contributed by atoms with van der Waals surface area (Å²) in [6, 6.07) is 2.12. The average molecular weight is 284 g/mol. The van der Waals surface area contributed by atoms with Gasteiger partial charge in [-0.3, -0.25) is 0 Å². The molecule has 0 aliphatic rings. The van der Waals surface area contributed by atoms with E-state index in [4.69, 9.17) is 11.6 Å². The molecule has 0 saturated carbocycles. The second kappa shape index (κ2) is 5.85. The lowest BCUT2D eigenvalue weighted by Crippen LogP contribution is -2.13. The van der Waals surface area contributed by atoms with Crippen molar-refractivity contribution in [1.29, 1.82) is 0 Å². The van der Waals surface area contributed by atoms with Gasteiger partial charge in [-0.2, -0.15) is 0 Å². The highest BCUT2D eigenvalue weighted by Crippen LogP contribution is 2.29. The molecule has 0 saturated heterocycles. The predicted molar refractivity (Wildman–Crippen MR) is 79.7 cm³/mol. The number of hydrogen-bond donors (Lipinski definition) is 1. The maximum Gasteiger partial charge on any atom is 0.225 e. The van der Waals surface area contributed by atoms with Gasteiger partial charge in [0.1, 0.15) is 10.6 Å². The molecule has 0 aliphatic carbocycles. The zero-order chi connectivity index (χ0) is 13.1. The van der Waals surface area contributed by atoms with E-state index in [2.05, 4.69) is 42.1 Å². The van der Waals surface area contributed by atoms with Crippen LogP contribution in [0.2, 0.25) is 5.28 Å². The predicted octanol–water partition coefficient (Wildman–Crippen LogP) is 4.50. The number of thiophene rings is 1. The first kappa shape index (κ1) is 13.6. The van der Waals surface area contributed by atoms with Crippen LogP contribution in [0.3, 0.4) is 0 Å². The Labute approximate surface area is 117 Å². The highest BCUT2D eigenvalue weighted by molar-refractivity contribution is 7.18. The average Bonchev–Trinajstić information content (AvgIpc) is 2.70. The van der Waals surface area contributed by atoms with Crippen LogP contribution in [0, 0.1) is 12.8 Å². The van der Waals surface area contributed by atoms with Crippen molar-refractivity contribution >= 4 is 39.0 Å². The minimum atomic E-state index is 0.316. The second-order valence-electron chi connectivity index (χ2n) is 4.48. The van der Waals surface area contributed by atoms with Gasteiger partial charge in [-0.1, -0.05) is 26.7 Å². The molecule has 0 spiro atoms. The SMILES string of the molecule is CCC(CC)CNc1nc(Cl)nc2sc(C)cc12. The Hall–Kier alpha value is -0.870. The molecule has 0 bridgehead atoms. The maximum absolute atomic E-state index is 5.96. The minimum Gasteiger partial charge on any atom is -0.369 e. The fraction of sp³-hybridized carbons (Fsp3) is 0.538. The Kier molecular flexibility index (Phi) is 4.40. The number of halogens is 1. The summed E-state index contributed by atoms with van der Waals surface area (Å²) in [5, 5.41) is 4.81. The van der Waals surface area contributed by atoms with Crippen molar-refractivity contribution in [2.24, 2.45) is 5.92 Å². The van der Waals surface area contributed by atoms with Crippen molar-refractivity contribution in [3.63, 3.8) is 0 Å². The van der Waals surface area contributed by atoms with E-state index in [0.29, 0.717) is 11.2 Å². The van der Waals surface area contributed by atoms with Crippen molar-refractivity contribution in [2.75, 3.05) is 11.9 Å². The van der Waals surface area contributed by atoms with Crippen LogP contribution in [0.1, 0.15) is 31.6 Å². The lowest BCUT2D eigenvalue weighted by atomic mass is 10.0. The van der Waals surface area contributed by atoms with Gasteiger partial charge < -0.3 is 5.32 Å². The third-order valence-corrected chi connectivity index (χ3v) is 4.31. The molecular weight excluding hydrogens is 266 g/mol. The van der Waals surface area contributed by atoms with E-state index < -0.39 is 0 Å². The summed E-state index contributed by atoms with van der Waals surface area (Å²) in [4.78, 5) is 10.7. The van der Waals surface area contributed by atoms with E-state index in [1.165, 1.54) is 17.7 Å². The Bertz CT molecular complexity index is 534. The topological polar surface area (TPSA) is 37.8 Å². The van der Waals surface area contributed by atoms with E-state index in [0.717, 1.165) is 22.6 Å². The number of nitrogens with one attached hydrogen (secondary N) is 1. The summed E-state index contributed by atoms with van der Waals surface area (Å²) >= 11 is 7.61. The first-order valence-corrected chi connectivity index (χ1v) is 7.51. The Morgan fingerprint density at radius 3 is 2.72 bits per heavy atom. The van der Waals surface area contributed by atoms with Gasteiger partial charge in [0, 0.05) is 11.4 Å². The molecule has 0 radical (unpaired) electrons. The van der Waals surface area contributed by atoms with Gasteiger partial charge in [0.15, 0.2) is 0 Å². The fourth-order valence-corrected chi connectivity index (χ4v) is 3.07. The monoisotopic (exact) mass is 283 g/mol. The molecule has 0 aliphatic heterocycles. The van der Waals surface area contributed by atoms with Crippen LogP contribution in [0.4, 0.5) is 5.82 Å². The molecule has 0 fully saturated rings. The summed E-state index contributed by atoms with van der Waals surface area (Å²) < 4.78 is 0. The van der Waals surface area contributed by atoms with Crippen LogP contribution < -0.4 is 5.32 Å². The van der Waals surface area contributed by atoms with Gasteiger partial charge in [0.2, 0.25) is 5.28 Å². The largest absolute Gasteiger partial charge is 0.369 e. The molecule has 2 heterocycles. The molecule has 98 valence electrons. The normalized spacial score (nSPS) is 11.4. The van der Waals surface area contributed by atoms with Gasteiger partial charge in [0.25, 0.3) is 0 Å². The summed E-state index contributed by atoms with van der Waals surface area (Å²) in [7, 11) is 0. The van der Waals surface area contributed by atoms with Gasteiger partial charge in [-0.05, 0) is 30.5 Å². The third-order valence-electron chi connectivity index (χ3n) is 3.20. The van der Waals surface area contributed by atoms with Crippen molar-refractivity contribution in [2.45, 2.75) is 33.6 Å². The van der Waals surface area contributed by atoms with Crippen molar-refractivity contribution in [1.82, 2.24) is 9.97 Å². The molecule has 2 rings (SSSR count). The smallest absolute Gasteiger partial charge is 0.225 e. The first-order valence-electron chi connectivity index (χ1n) is 6.31. The number of aryl methyl sites for hydroxylation is 1. The number of anilines is 1. The third kappa shape index (κ3) is 2.93. The van der Waals surface area contributed by atoms with Gasteiger partial charge >= 0.3 is 0 Å². The number of nitrogens with zero attached hydrogens (tertiary/aromatic N) is 2. The fourth-order valence-electron chi connectivity index (χ4n) is 1.97. The van der Waals surface area contributed by atoms with Crippen molar-refractivity contribution in [3.05, 3.63) is 16.2 Å². The molecule has 5 heteroatoms. The molecule has 2 aromatic rings. The number of fused-ring (bicyclic) bond motifs is 1. The molecule has 2 aromatic heterocycles. The summed E-state index contributed by atoms with van der Waals surface area (Å²) in [6.07, 6.45) is 2.35. The lowest BCUT2D eigenvalue weighted by Gasteiger charge is -2.14. The molecular formula is C13H18ClN3S. The minimum absolute atomic E-state index is 0.316. The second-order valence-corrected chi connectivity index (χ2v) is 6.05. The molecule has 0 aromatic carbocycles. The Balaban J connectivity index is 2.26. The van der Waals surface area contributed by atoms with E-state index in [-0.39, 0.29) is 0 Å². The number of rotatable bonds is 5. The van der Waals surface area contributed by atoms with Gasteiger partial charge in [-0.25, -0.2) is 9.97 Å². The Morgan fingerprint density at radius 1 is 1.33 bits per heavy atom. The van der Waals surface area contributed by atoms with Crippen LogP contribution in [-0.4, -0.2) is 16.5 Å².